The van der Waals surface area contributed by atoms with Crippen LogP contribution in [0.2, 0.25) is 0 Å². The molecule has 0 saturated carbocycles. The number of aliphatic hydroxyl groups excluding tert-OH is 1. The van der Waals surface area contributed by atoms with E-state index in [-0.39, 0.29) is 12.0 Å². The van der Waals surface area contributed by atoms with Crippen LogP contribution in [0.25, 0.3) is 10.9 Å². The van der Waals surface area contributed by atoms with Crippen molar-refractivity contribution in [3.8, 4) is 0 Å². The lowest BCUT2D eigenvalue weighted by molar-refractivity contribution is -0.0390. The molecule has 2 unspecified atom stereocenters. The minimum Gasteiger partial charge on any atom is -0.386 e. The number of benzene rings is 1. The number of hydrogen-bond donors (Lipinski definition) is 1. The molecule has 1 aromatic carbocycles. The molecule has 0 saturated heterocycles. The highest BCUT2D eigenvalue weighted by molar-refractivity contribution is 5.79. The Kier molecular flexibility index (Phi) is 4.17. The first-order chi connectivity index (χ1) is 9.02. The summed E-state index contributed by atoms with van der Waals surface area (Å²) in [6, 6.07) is 9.88. The maximum Gasteiger partial charge on any atom is 0.105 e. The molecule has 0 amide bonds. The third-order valence-corrected chi connectivity index (χ3v) is 3.43. The molecular formula is C16H21NO2. The molecule has 0 bridgehead atoms. The molecular weight excluding hydrogens is 238 g/mol. The van der Waals surface area contributed by atoms with Gasteiger partial charge in [-0.1, -0.05) is 26.0 Å². The first-order valence-electron chi connectivity index (χ1n) is 6.61. The lowest BCUT2D eigenvalue weighted by atomic mass is 9.95. The molecule has 2 rings (SSSR count). The van der Waals surface area contributed by atoms with Gasteiger partial charge in [0.2, 0.25) is 0 Å². The Morgan fingerprint density at radius 1 is 1.16 bits per heavy atom. The van der Waals surface area contributed by atoms with Crippen molar-refractivity contribution in [1.82, 2.24) is 4.98 Å². The number of fused-ring (bicyclic) bond motifs is 1. The summed E-state index contributed by atoms with van der Waals surface area (Å²) in [5.41, 5.74) is 2.82. The van der Waals surface area contributed by atoms with E-state index < -0.39 is 6.10 Å². The maximum atomic E-state index is 10.4. The van der Waals surface area contributed by atoms with Crippen LogP contribution < -0.4 is 0 Å². The second kappa shape index (κ2) is 5.68. The Bertz CT molecular complexity index is 566. The van der Waals surface area contributed by atoms with E-state index in [0.717, 1.165) is 22.2 Å². The van der Waals surface area contributed by atoms with Crippen LogP contribution in [0.1, 0.15) is 31.2 Å². The number of rotatable bonds is 4. The molecule has 102 valence electrons. The molecule has 0 fully saturated rings. The number of aryl methyl sites for hydroxylation is 1. The monoisotopic (exact) mass is 259 g/mol. The third kappa shape index (κ3) is 2.94. The number of ether oxygens (including phenoxy) is 1. The van der Waals surface area contributed by atoms with Gasteiger partial charge in [-0.3, -0.25) is 4.98 Å². The smallest absolute Gasteiger partial charge is 0.105 e. The van der Waals surface area contributed by atoms with Crippen molar-refractivity contribution in [2.24, 2.45) is 5.92 Å². The van der Waals surface area contributed by atoms with E-state index in [4.69, 9.17) is 4.74 Å². The van der Waals surface area contributed by atoms with Gasteiger partial charge >= 0.3 is 0 Å². The molecule has 19 heavy (non-hydrogen) atoms. The van der Waals surface area contributed by atoms with Crippen molar-refractivity contribution in [1.29, 1.82) is 0 Å². The number of aromatic nitrogens is 1. The first-order valence-corrected chi connectivity index (χ1v) is 6.61. The maximum absolute atomic E-state index is 10.4. The minimum atomic E-state index is -0.615. The third-order valence-electron chi connectivity index (χ3n) is 3.43. The summed E-state index contributed by atoms with van der Waals surface area (Å²) in [5, 5.41) is 11.5. The van der Waals surface area contributed by atoms with E-state index in [1.807, 2.05) is 51.1 Å². The summed E-state index contributed by atoms with van der Waals surface area (Å²) in [5.74, 6) is 0.256. The lowest BCUT2D eigenvalue weighted by Crippen LogP contribution is -2.26. The summed E-state index contributed by atoms with van der Waals surface area (Å²) in [6.07, 6.45) is -0.813. The van der Waals surface area contributed by atoms with Crippen LogP contribution in [0.3, 0.4) is 0 Å². The number of aliphatic hydroxyl groups is 1. The van der Waals surface area contributed by atoms with Crippen molar-refractivity contribution in [2.45, 2.75) is 33.0 Å². The predicted molar refractivity (Wildman–Crippen MR) is 77.1 cm³/mol. The Morgan fingerprint density at radius 2 is 1.89 bits per heavy atom. The van der Waals surface area contributed by atoms with Gasteiger partial charge in [-0.25, -0.2) is 0 Å². The van der Waals surface area contributed by atoms with E-state index in [1.54, 1.807) is 7.11 Å². The van der Waals surface area contributed by atoms with E-state index in [0.29, 0.717) is 0 Å². The van der Waals surface area contributed by atoms with Gasteiger partial charge in [0.1, 0.15) is 6.10 Å². The zero-order valence-corrected chi connectivity index (χ0v) is 11.9. The van der Waals surface area contributed by atoms with Gasteiger partial charge in [0.25, 0.3) is 0 Å². The van der Waals surface area contributed by atoms with Gasteiger partial charge < -0.3 is 9.84 Å². The van der Waals surface area contributed by atoms with Gasteiger partial charge in [0, 0.05) is 18.2 Å². The van der Waals surface area contributed by atoms with Crippen molar-refractivity contribution < 1.29 is 9.84 Å². The van der Waals surface area contributed by atoms with Crippen LogP contribution in [0.4, 0.5) is 0 Å². The molecule has 1 N–H and O–H groups in total. The fourth-order valence-corrected chi connectivity index (χ4v) is 2.39. The largest absolute Gasteiger partial charge is 0.386 e. The number of methoxy groups -OCH3 is 1. The minimum absolute atomic E-state index is 0.198. The number of nitrogens with zero attached hydrogens (tertiary/aromatic N) is 1. The van der Waals surface area contributed by atoms with Crippen molar-refractivity contribution in [3.05, 3.63) is 41.6 Å². The first kappa shape index (κ1) is 14.0. The van der Waals surface area contributed by atoms with E-state index in [1.165, 1.54) is 0 Å². The highest BCUT2D eigenvalue weighted by Gasteiger charge is 2.23. The number of hydrogen-bond acceptors (Lipinski definition) is 3. The Labute approximate surface area is 114 Å². The van der Waals surface area contributed by atoms with Gasteiger partial charge in [-0.2, -0.15) is 0 Å². The van der Waals surface area contributed by atoms with Gasteiger partial charge in [0.15, 0.2) is 0 Å². The average Bonchev–Trinajstić information content (AvgIpc) is 2.38. The van der Waals surface area contributed by atoms with Crippen molar-refractivity contribution >= 4 is 10.9 Å². The Hall–Kier alpha value is -1.45. The van der Waals surface area contributed by atoms with Crippen molar-refractivity contribution in [2.75, 3.05) is 7.11 Å². The molecule has 1 heterocycles. The normalized spacial score (nSPS) is 14.8. The van der Waals surface area contributed by atoms with E-state index in [9.17, 15) is 5.11 Å². The van der Waals surface area contributed by atoms with E-state index >= 15 is 0 Å². The fourth-order valence-electron chi connectivity index (χ4n) is 2.39. The molecule has 1 aromatic heterocycles. The predicted octanol–water partition coefficient (Wildman–Crippen LogP) is 3.25. The van der Waals surface area contributed by atoms with E-state index in [2.05, 4.69) is 4.98 Å². The lowest BCUT2D eigenvalue weighted by Gasteiger charge is -2.25. The summed E-state index contributed by atoms with van der Waals surface area (Å²) >= 11 is 0. The molecule has 3 nitrogen and oxygen atoms in total. The Morgan fingerprint density at radius 3 is 2.53 bits per heavy atom. The van der Waals surface area contributed by atoms with Crippen molar-refractivity contribution in [3.63, 3.8) is 0 Å². The Balaban J connectivity index is 2.37. The number of pyridine rings is 1. The molecule has 2 aromatic rings. The standard InChI is InChI=1S/C16H21NO2/c1-10(2)16(19-4)15(18)13-7-8-14-12(9-13)6-5-11(3)17-14/h5-10,15-16,18H,1-4H3. The highest BCUT2D eigenvalue weighted by atomic mass is 16.5. The van der Waals surface area contributed by atoms with Crippen LogP contribution in [0.15, 0.2) is 30.3 Å². The molecule has 0 aliphatic rings. The topological polar surface area (TPSA) is 42.4 Å². The highest BCUT2D eigenvalue weighted by Crippen LogP contribution is 2.26. The summed E-state index contributed by atoms with van der Waals surface area (Å²) in [7, 11) is 1.64. The molecule has 0 spiro atoms. The molecule has 0 aliphatic carbocycles. The van der Waals surface area contributed by atoms with Crippen LogP contribution in [0, 0.1) is 12.8 Å². The average molecular weight is 259 g/mol. The molecule has 0 aliphatic heterocycles. The second-order valence-electron chi connectivity index (χ2n) is 5.29. The zero-order chi connectivity index (χ0) is 14.0. The second-order valence-corrected chi connectivity index (χ2v) is 5.29. The summed E-state index contributed by atoms with van der Waals surface area (Å²) in [6.45, 7) is 6.06. The SMILES string of the molecule is COC(C(C)C)C(O)c1ccc2nc(C)ccc2c1. The summed E-state index contributed by atoms with van der Waals surface area (Å²) < 4.78 is 5.39. The van der Waals surface area contributed by atoms with Crippen LogP contribution in [0.5, 0.6) is 0 Å². The fraction of sp³-hybridized carbons (Fsp3) is 0.438. The quantitative estimate of drug-likeness (QED) is 0.916. The zero-order valence-electron chi connectivity index (χ0n) is 11.9. The van der Waals surface area contributed by atoms with Crippen LogP contribution in [-0.2, 0) is 4.74 Å². The van der Waals surface area contributed by atoms with Gasteiger partial charge in [-0.15, -0.1) is 0 Å². The molecule has 3 heteroatoms. The molecule has 2 atom stereocenters. The van der Waals surface area contributed by atoms with Gasteiger partial charge in [0.05, 0.1) is 11.6 Å². The summed E-state index contributed by atoms with van der Waals surface area (Å²) in [4.78, 5) is 4.46. The molecule has 0 radical (unpaired) electrons. The van der Waals surface area contributed by atoms with Crippen LogP contribution in [-0.4, -0.2) is 23.3 Å². The van der Waals surface area contributed by atoms with Crippen LogP contribution >= 0.6 is 0 Å². The van der Waals surface area contributed by atoms with Gasteiger partial charge in [-0.05, 0) is 36.6 Å².